The first kappa shape index (κ1) is 16.8. The zero-order valence-corrected chi connectivity index (χ0v) is 11.8. The molecule has 0 saturated heterocycles. The van der Waals surface area contributed by atoms with Crippen LogP contribution in [-0.2, 0) is 9.47 Å². The summed E-state index contributed by atoms with van der Waals surface area (Å²) in [5.41, 5.74) is 2.51. The largest absolute Gasteiger partial charge is 0.382 e. The van der Waals surface area contributed by atoms with E-state index in [2.05, 4.69) is 10.7 Å². The highest BCUT2D eigenvalue weighted by Crippen LogP contribution is 2.21. The van der Waals surface area contributed by atoms with Gasteiger partial charge in [-0.3, -0.25) is 20.8 Å². The molecule has 0 aliphatic carbocycles. The fourth-order valence-corrected chi connectivity index (χ4v) is 1.66. The number of ether oxygens (including phenoxy) is 2. The summed E-state index contributed by atoms with van der Waals surface area (Å²) in [5, 5.41) is 13.4. The highest BCUT2D eigenvalue weighted by atomic mass is 16.6. The van der Waals surface area contributed by atoms with Crippen molar-refractivity contribution in [3.63, 3.8) is 0 Å². The zero-order chi connectivity index (χ0) is 15.8. The van der Waals surface area contributed by atoms with Gasteiger partial charge in [0.05, 0.1) is 28.9 Å². The summed E-state index contributed by atoms with van der Waals surface area (Å²) < 4.78 is 10.0. The van der Waals surface area contributed by atoms with Crippen LogP contribution < -0.4 is 16.6 Å². The first-order chi connectivity index (χ1) is 10.0. The molecular formula is C12H18N4O5. The molecule has 0 aromatic heterocycles. The van der Waals surface area contributed by atoms with Crippen LogP contribution in [0.25, 0.3) is 0 Å². The van der Waals surface area contributed by atoms with Crippen LogP contribution in [0.15, 0.2) is 18.2 Å². The Labute approximate surface area is 121 Å². The van der Waals surface area contributed by atoms with Gasteiger partial charge in [0.25, 0.3) is 11.6 Å². The van der Waals surface area contributed by atoms with E-state index in [0.717, 1.165) is 6.07 Å². The number of non-ortho nitro benzene ring substituents is 1. The third-order valence-corrected chi connectivity index (χ3v) is 2.79. The number of nitrogens with one attached hydrogen (secondary N) is 2. The van der Waals surface area contributed by atoms with Crippen molar-refractivity contribution in [2.24, 2.45) is 5.84 Å². The molecule has 0 spiro atoms. The number of hydrogen-bond acceptors (Lipinski definition) is 7. The SMILES string of the molecule is COCC(CNC(=O)c1cc([N+](=O)[O-])ccc1NN)OC. The van der Waals surface area contributed by atoms with Gasteiger partial charge in [-0.25, -0.2) is 0 Å². The number of nitrogens with zero attached hydrogens (tertiary/aromatic N) is 1. The summed E-state index contributed by atoms with van der Waals surface area (Å²) >= 11 is 0. The van der Waals surface area contributed by atoms with Gasteiger partial charge in [0.1, 0.15) is 0 Å². The van der Waals surface area contributed by atoms with E-state index >= 15 is 0 Å². The second kappa shape index (κ2) is 8.15. The van der Waals surface area contributed by atoms with Gasteiger partial charge in [0, 0.05) is 32.9 Å². The molecule has 0 aliphatic rings. The van der Waals surface area contributed by atoms with E-state index in [-0.39, 0.29) is 23.9 Å². The molecule has 0 aliphatic heterocycles. The van der Waals surface area contributed by atoms with Crippen LogP contribution in [-0.4, -0.2) is 44.3 Å². The average molecular weight is 298 g/mol. The van der Waals surface area contributed by atoms with Gasteiger partial charge in [-0.15, -0.1) is 0 Å². The third kappa shape index (κ3) is 4.67. The van der Waals surface area contributed by atoms with Crippen molar-refractivity contribution >= 4 is 17.3 Å². The van der Waals surface area contributed by atoms with E-state index in [0.29, 0.717) is 12.3 Å². The van der Waals surface area contributed by atoms with E-state index in [1.807, 2.05) is 0 Å². The predicted octanol–water partition coefficient (Wildman–Crippen LogP) is 0.272. The smallest absolute Gasteiger partial charge is 0.270 e. The van der Waals surface area contributed by atoms with Crippen molar-refractivity contribution in [3.05, 3.63) is 33.9 Å². The second-order valence-corrected chi connectivity index (χ2v) is 4.15. The topological polar surface area (TPSA) is 129 Å². The van der Waals surface area contributed by atoms with Gasteiger partial charge in [0.15, 0.2) is 0 Å². The summed E-state index contributed by atoms with van der Waals surface area (Å²) in [6.45, 7) is 0.517. The highest BCUT2D eigenvalue weighted by Gasteiger charge is 2.17. The first-order valence-corrected chi connectivity index (χ1v) is 6.08. The molecule has 0 radical (unpaired) electrons. The number of anilines is 1. The van der Waals surface area contributed by atoms with Crippen molar-refractivity contribution in [1.82, 2.24) is 5.32 Å². The number of hydrogen-bond donors (Lipinski definition) is 3. The third-order valence-electron chi connectivity index (χ3n) is 2.79. The number of hydrazine groups is 1. The number of nitro groups is 1. The van der Waals surface area contributed by atoms with Crippen LogP contribution in [0.5, 0.6) is 0 Å². The molecule has 1 aromatic carbocycles. The summed E-state index contributed by atoms with van der Waals surface area (Å²) in [6.07, 6.45) is -0.313. The zero-order valence-electron chi connectivity index (χ0n) is 11.8. The molecule has 9 nitrogen and oxygen atoms in total. The van der Waals surface area contributed by atoms with Gasteiger partial charge in [-0.2, -0.15) is 0 Å². The maximum atomic E-state index is 12.1. The van der Waals surface area contributed by atoms with Crippen LogP contribution in [0.3, 0.4) is 0 Å². The van der Waals surface area contributed by atoms with Gasteiger partial charge < -0.3 is 20.2 Å². The molecule has 21 heavy (non-hydrogen) atoms. The Kier molecular flexibility index (Phi) is 6.53. The van der Waals surface area contributed by atoms with Crippen LogP contribution in [0, 0.1) is 10.1 Å². The summed E-state index contributed by atoms with van der Waals surface area (Å²) in [7, 11) is 3.01. The van der Waals surface area contributed by atoms with Crippen molar-refractivity contribution in [2.75, 3.05) is 32.8 Å². The Morgan fingerprint density at radius 1 is 1.48 bits per heavy atom. The number of amides is 1. The predicted molar refractivity (Wildman–Crippen MR) is 75.9 cm³/mol. The van der Waals surface area contributed by atoms with Crippen LogP contribution in [0.2, 0.25) is 0 Å². The van der Waals surface area contributed by atoms with Gasteiger partial charge >= 0.3 is 0 Å². The maximum absolute atomic E-state index is 12.1. The molecule has 4 N–H and O–H groups in total. The lowest BCUT2D eigenvalue weighted by Crippen LogP contribution is -2.36. The minimum Gasteiger partial charge on any atom is -0.382 e. The van der Waals surface area contributed by atoms with Crippen molar-refractivity contribution < 1.29 is 19.2 Å². The number of carbonyl (C=O) groups excluding carboxylic acids is 1. The van der Waals surface area contributed by atoms with Crippen LogP contribution >= 0.6 is 0 Å². The van der Waals surface area contributed by atoms with Gasteiger partial charge in [-0.05, 0) is 6.07 Å². The molecule has 9 heteroatoms. The molecule has 0 bridgehead atoms. The maximum Gasteiger partial charge on any atom is 0.270 e. The summed E-state index contributed by atoms with van der Waals surface area (Å²) in [6, 6.07) is 3.79. The van der Waals surface area contributed by atoms with E-state index in [1.54, 1.807) is 0 Å². The lowest BCUT2D eigenvalue weighted by atomic mass is 10.1. The average Bonchev–Trinajstić information content (AvgIpc) is 2.50. The molecule has 1 unspecified atom stereocenters. The second-order valence-electron chi connectivity index (χ2n) is 4.15. The van der Waals surface area contributed by atoms with Gasteiger partial charge in [0.2, 0.25) is 0 Å². The van der Waals surface area contributed by atoms with E-state index in [1.165, 1.54) is 26.4 Å². The van der Waals surface area contributed by atoms with Crippen molar-refractivity contribution in [3.8, 4) is 0 Å². The standard InChI is InChI=1S/C12H18N4O5/c1-20-7-9(21-2)6-14-12(17)10-5-8(16(18)19)3-4-11(10)15-13/h3-5,9,15H,6-7,13H2,1-2H3,(H,14,17). The normalized spacial score (nSPS) is 11.8. The number of carbonyl (C=O) groups is 1. The number of nitro benzene ring substituents is 1. The Balaban J connectivity index is 2.85. The lowest BCUT2D eigenvalue weighted by molar-refractivity contribution is -0.384. The molecular weight excluding hydrogens is 280 g/mol. The summed E-state index contributed by atoms with van der Waals surface area (Å²) in [5.74, 6) is 4.80. The number of nitrogens with two attached hydrogens (primary N) is 1. The Hall–Kier alpha value is -2.23. The first-order valence-electron chi connectivity index (χ1n) is 6.08. The molecule has 0 heterocycles. The Bertz CT molecular complexity index is 508. The Morgan fingerprint density at radius 3 is 2.71 bits per heavy atom. The molecule has 1 amide bonds. The van der Waals surface area contributed by atoms with Crippen molar-refractivity contribution in [1.29, 1.82) is 0 Å². The fraction of sp³-hybridized carbons (Fsp3) is 0.417. The molecule has 0 fully saturated rings. The Morgan fingerprint density at radius 2 is 2.19 bits per heavy atom. The molecule has 0 saturated carbocycles. The fourth-order valence-electron chi connectivity index (χ4n) is 1.66. The molecule has 116 valence electrons. The van der Waals surface area contributed by atoms with E-state index < -0.39 is 10.8 Å². The monoisotopic (exact) mass is 298 g/mol. The lowest BCUT2D eigenvalue weighted by Gasteiger charge is -2.15. The minimum atomic E-state index is -0.583. The number of benzene rings is 1. The van der Waals surface area contributed by atoms with Crippen LogP contribution in [0.4, 0.5) is 11.4 Å². The quantitative estimate of drug-likeness (QED) is 0.357. The number of methoxy groups -OCH3 is 2. The van der Waals surface area contributed by atoms with Crippen molar-refractivity contribution in [2.45, 2.75) is 6.10 Å². The van der Waals surface area contributed by atoms with Gasteiger partial charge in [-0.1, -0.05) is 0 Å². The minimum absolute atomic E-state index is 0.0824. The molecule has 1 rings (SSSR count). The number of rotatable bonds is 8. The van der Waals surface area contributed by atoms with E-state index in [4.69, 9.17) is 15.3 Å². The molecule has 1 aromatic rings. The highest BCUT2D eigenvalue weighted by molar-refractivity contribution is 6.00. The number of nitrogen functional groups attached to an aromatic ring is 1. The van der Waals surface area contributed by atoms with E-state index in [9.17, 15) is 14.9 Å². The van der Waals surface area contributed by atoms with Crippen LogP contribution in [0.1, 0.15) is 10.4 Å². The molecule has 1 atom stereocenters. The summed E-state index contributed by atoms with van der Waals surface area (Å²) in [4.78, 5) is 22.3.